The Bertz CT molecular complexity index is 1270. The molecule has 0 spiro atoms. The summed E-state index contributed by atoms with van der Waals surface area (Å²) >= 11 is 0. The first-order valence-corrected chi connectivity index (χ1v) is 13.6. The van der Waals surface area contributed by atoms with Crippen LogP contribution in [0.5, 0.6) is 0 Å². The first-order chi connectivity index (χ1) is 19.3. The van der Waals surface area contributed by atoms with Crippen LogP contribution in [-0.2, 0) is 25.7 Å². The molecule has 210 valence electrons. The fourth-order valence-electron chi connectivity index (χ4n) is 4.91. The molecule has 1 unspecified atom stereocenters. The van der Waals surface area contributed by atoms with E-state index in [1.54, 1.807) is 6.92 Å². The third kappa shape index (κ3) is 7.48. The topological polar surface area (TPSA) is 114 Å². The van der Waals surface area contributed by atoms with Crippen LogP contribution in [0.15, 0.2) is 78.9 Å². The summed E-state index contributed by atoms with van der Waals surface area (Å²) in [5.74, 6) is -1.56. The monoisotopic (exact) mass is 544 g/mol. The first-order valence-electron chi connectivity index (χ1n) is 13.6. The van der Waals surface area contributed by atoms with Gasteiger partial charge in [0.1, 0.15) is 6.61 Å². The number of nitrogens with one attached hydrogen (secondary N) is 2. The van der Waals surface area contributed by atoms with E-state index in [0.717, 1.165) is 16.7 Å². The van der Waals surface area contributed by atoms with Crippen molar-refractivity contribution in [2.75, 3.05) is 13.2 Å². The second-order valence-electron chi connectivity index (χ2n) is 10.2. The van der Waals surface area contributed by atoms with Gasteiger partial charge in [-0.3, -0.25) is 4.79 Å². The highest BCUT2D eigenvalue weighted by Gasteiger charge is 2.29. The molecule has 0 saturated carbocycles. The maximum absolute atomic E-state index is 12.5. The number of hydrogen-bond acceptors (Lipinski definition) is 5. The van der Waals surface area contributed by atoms with Gasteiger partial charge >= 0.3 is 12.1 Å². The van der Waals surface area contributed by atoms with Crippen LogP contribution in [0.3, 0.4) is 0 Å². The zero-order valence-electron chi connectivity index (χ0n) is 22.8. The van der Waals surface area contributed by atoms with Crippen LogP contribution in [0.2, 0.25) is 0 Å². The molecule has 0 aromatic heterocycles. The van der Waals surface area contributed by atoms with Gasteiger partial charge in [-0.1, -0.05) is 85.8 Å². The minimum absolute atomic E-state index is 0.0127. The van der Waals surface area contributed by atoms with Crippen LogP contribution in [0.4, 0.5) is 4.79 Å². The number of benzene rings is 3. The lowest BCUT2D eigenvalue weighted by molar-refractivity contribution is -0.146. The largest absolute Gasteiger partial charge is 0.480 e. The molecule has 2 amide bonds. The average Bonchev–Trinajstić information content (AvgIpc) is 3.29. The van der Waals surface area contributed by atoms with Gasteiger partial charge in [0.05, 0.1) is 12.7 Å². The van der Waals surface area contributed by atoms with Gasteiger partial charge < -0.3 is 25.2 Å². The number of aliphatic carboxylic acids is 1. The quantitative estimate of drug-likeness (QED) is 0.275. The van der Waals surface area contributed by atoms with Gasteiger partial charge in [-0.15, -0.1) is 0 Å². The van der Waals surface area contributed by atoms with Crippen LogP contribution < -0.4 is 10.6 Å². The number of alkyl carbamates (subject to hydrolysis) is 1. The van der Waals surface area contributed by atoms with Crippen molar-refractivity contribution in [1.29, 1.82) is 0 Å². The number of rotatable bonds is 13. The molecule has 4 rings (SSSR count). The van der Waals surface area contributed by atoms with E-state index in [9.17, 15) is 19.5 Å². The van der Waals surface area contributed by atoms with Crippen molar-refractivity contribution >= 4 is 18.0 Å². The fourth-order valence-corrected chi connectivity index (χ4v) is 4.91. The summed E-state index contributed by atoms with van der Waals surface area (Å²) < 4.78 is 11.3. The van der Waals surface area contributed by atoms with E-state index in [1.165, 1.54) is 11.1 Å². The van der Waals surface area contributed by atoms with Crippen molar-refractivity contribution in [2.24, 2.45) is 5.92 Å². The molecule has 3 aromatic carbocycles. The van der Waals surface area contributed by atoms with E-state index in [0.29, 0.717) is 13.0 Å². The summed E-state index contributed by atoms with van der Waals surface area (Å²) in [7, 11) is 0. The SMILES string of the molecule is CC(CCC(=O)N[C@@H](C(=O)O)[C@H](C)OCc1ccccc1)CNC(=O)OCC1c2ccccc2-c2ccccc21. The Balaban J connectivity index is 1.17. The van der Waals surface area contributed by atoms with Crippen molar-refractivity contribution in [2.45, 2.75) is 51.4 Å². The van der Waals surface area contributed by atoms with Gasteiger partial charge in [-0.05, 0) is 47.1 Å². The highest BCUT2D eigenvalue weighted by Crippen LogP contribution is 2.44. The average molecular weight is 545 g/mol. The smallest absolute Gasteiger partial charge is 0.407 e. The number of carboxylic acids is 1. The molecule has 3 N–H and O–H groups in total. The van der Waals surface area contributed by atoms with Crippen molar-refractivity contribution in [3.63, 3.8) is 0 Å². The maximum atomic E-state index is 12.5. The molecule has 40 heavy (non-hydrogen) atoms. The number of ether oxygens (including phenoxy) is 2. The highest BCUT2D eigenvalue weighted by molar-refractivity contribution is 5.84. The van der Waals surface area contributed by atoms with Crippen molar-refractivity contribution < 1.29 is 29.0 Å². The molecule has 8 heteroatoms. The van der Waals surface area contributed by atoms with Crippen LogP contribution in [0.1, 0.15) is 49.3 Å². The Morgan fingerprint density at radius 2 is 1.48 bits per heavy atom. The highest BCUT2D eigenvalue weighted by atomic mass is 16.5. The summed E-state index contributed by atoms with van der Waals surface area (Å²) in [6.07, 6.45) is -0.619. The third-order valence-corrected chi connectivity index (χ3v) is 7.21. The predicted molar refractivity (Wildman–Crippen MR) is 152 cm³/mol. The number of carboxylic acid groups (broad SMARTS) is 1. The van der Waals surface area contributed by atoms with Gasteiger partial charge in [0.25, 0.3) is 0 Å². The van der Waals surface area contributed by atoms with E-state index in [1.807, 2.05) is 61.5 Å². The van der Waals surface area contributed by atoms with Crippen molar-refractivity contribution in [3.05, 3.63) is 95.6 Å². The molecular weight excluding hydrogens is 508 g/mol. The van der Waals surface area contributed by atoms with E-state index in [4.69, 9.17) is 9.47 Å². The number of amides is 2. The lowest BCUT2D eigenvalue weighted by Crippen LogP contribution is -2.48. The zero-order chi connectivity index (χ0) is 28.5. The molecule has 3 aromatic rings. The van der Waals surface area contributed by atoms with Gasteiger partial charge in [-0.25, -0.2) is 9.59 Å². The normalized spacial score (nSPS) is 14.3. The Morgan fingerprint density at radius 1 is 0.875 bits per heavy atom. The molecule has 0 radical (unpaired) electrons. The van der Waals surface area contributed by atoms with Gasteiger partial charge in [0, 0.05) is 18.9 Å². The molecule has 0 saturated heterocycles. The Kier molecular flexibility index (Phi) is 9.91. The van der Waals surface area contributed by atoms with Crippen molar-refractivity contribution in [3.8, 4) is 11.1 Å². The van der Waals surface area contributed by atoms with Crippen molar-refractivity contribution in [1.82, 2.24) is 10.6 Å². The maximum Gasteiger partial charge on any atom is 0.407 e. The van der Waals surface area contributed by atoms with Gasteiger partial charge in [0.15, 0.2) is 6.04 Å². The van der Waals surface area contributed by atoms with E-state index in [-0.39, 0.29) is 37.4 Å². The summed E-state index contributed by atoms with van der Waals surface area (Å²) in [4.78, 5) is 36.7. The second kappa shape index (κ2) is 13.8. The number of hydrogen-bond donors (Lipinski definition) is 3. The molecule has 0 heterocycles. The Labute approximate surface area is 234 Å². The first kappa shape index (κ1) is 28.8. The standard InChI is InChI=1S/C32H36N2O6/c1-21(16-17-29(35)34-30(31(36)37)22(2)39-19-23-10-4-3-5-11-23)18-33-32(38)40-20-28-26-14-8-6-12-24(26)25-13-7-9-15-27(25)28/h3-15,21-22,28,30H,16-20H2,1-2H3,(H,33,38)(H,34,35)(H,36,37)/t21?,22-,30+/m0/s1. The second-order valence-corrected chi connectivity index (χ2v) is 10.2. The minimum Gasteiger partial charge on any atom is -0.480 e. The molecule has 0 fully saturated rings. The summed E-state index contributed by atoms with van der Waals surface area (Å²) in [6.45, 7) is 4.36. The lowest BCUT2D eigenvalue weighted by atomic mass is 9.98. The van der Waals surface area contributed by atoms with Crippen LogP contribution in [0, 0.1) is 5.92 Å². The molecule has 3 atom stereocenters. The predicted octanol–water partition coefficient (Wildman–Crippen LogP) is 5.12. The van der Waals surface area contributed by atoms with Crippen LogP contribution in [0.25, 0.3) is 11.1 Å². The number of carbonyl (C=O) groups is 3. The number of carbonyl (C=O) groups excluding carboxylic acids is 2. The van der Waals surface area contributed by atoms with Gasteiger partial charge in [-0.2, -0.15) is 0 Å². The zero-order valence-corrected chi connectivity index (χ0v) is 22.8. The van der Waals surface area contributed by atoms with E-state index in [2.05, 4.69) is 34.9 Å². The van der Waals surface area contributed by atoms with Gasteiger partial charge in [0.2, 0.25) is 5.91 Å². The lowest BCUT2D eigenvalue weighted by Gasteiger charge is -2.22. The third-order valence-electron chi connectivity index (χ3n) is 7.21. The molecule has 8 nitrogen and oxygen atoms in total. The summed E-state index contributed by atoms with van der Waals surface area (Å²) in [6, 6.07) is 24.6. The van der Waals surface area contributed by atoms with Crippen LogP contribution >= 0.6 is 0 Å². The van der Waals surface area contributed by atoms with E-state index < -0.39 is 24.2 Å². The molecule has 0 bridgehead atoms. The molecule has 0 aliphatic heterocycles. The van der Waals surface area contributed by atoms with Crippen LogP contribution in [-0.4, -0.2) is 48.4 Å². The Morgan fingerprint density at radius 3 is 2.10 bits per heavy atom. The fraction of sp³-hybridized carbons (Fsp3) is 0.344. The minimum atomic E-state index is -1.16. The summed E-state index contributed by atoms with van der Waals surface area (Å²) in [5.41, 5.74) is 5.55. The summed E-state index contributed by atoms with van der Waals surface area (Å²) in [5, 5.41) is 14.9. The molecular formula is C32H36N2O6. The molecule has 1 aliphatic rings. The number of fused-ring (bicyclic) bond motifs is 3. The molecule has 1 aliphatic carbocycles. The van der Waals surface area contributed by atoms with E-state index >= 15 is 0 Å². The Hall–Kier alpha value is -4.17.